The summed E-state index contributed by atoms with van der Waals surface area (Å²) in [5.41, 5.74) is -8.07. The Bertz CT molecular complexity index is 1690. The van der Waals surface area contributed by atoms with Crippen molar-refractivity contribution in [3.05, 3.63) is 71.8 Å². The van der Waals surface area contributed by atoms with E-state index in [0.717, 1.165) is 27.7 Å². The number of benzene rings is 2. The smallest absolute Gasteiger partial charge is 0.338 e. The summed E-state index contributed by atoms with van der Waals surface area (Å²) in [5.74, 6) is -6.32. The highest BCUT2D eigenvalue weighted by molar-refractivity contribution is 5.90. The Hall–Kier alpha value is -4.82. The first-order chi connectivity index (χ1) is 23.9. The maximum Gasteiger partial charge on any atom is 0.338 e. The number of esters is 6. The number of hydrogen-bond acceptors (Lipinski definition) is 14. The van der Waals surface area contributed by atoms with E-state index >= 15 is 0 Å². The second-order valence-corrected chi connectivity index (χ2v) is 13.9. The lowest BCUT2D eigenvalue weighted by Crippen LogP contribution is -2.85. The van der Waals surface area contributed by atoms with Gasteiger partial charge in [0, 0.05) is 34.1 Å². The number of aliphatic hydroxyl groups is 1. The van der Waals surface area contributed by atoms with E-state index in [1.54, 1.807) is 50.2 Å². The summed E-state index contributed by atoms with van der Waals surface area (Å²) in [7, 11) is 0. The molecular formula is C37H42O14. The Labute approximate surface area is 294 Å². The zero-order valence-corrected chi connectivity index (χ0v) is 29.4. The summed E-state index contributed by atoms with van der Waals surface area (Å²) in [4.78, 5) is 79.4. The van der Waals surface area contributed by atoms with E-state index in [0.29, 0.717) is 0 Å². The second-order valence-electron chi connectivity index (χ2n) is 13.9. The van der Waals surface area contributed by atoms with Crippen molar-refractivity contribution in [2.24, 2.45) is 11.3 Å². The van der Waals surface area contributed by atoms with Crippen LogP contribution in [0.3, 0.4) is 0 Å². The van der Waals surface area contributed by atoms with Crippen LogP contribution in [-0.4, -0.2) is 94.9 Å². The molecule has 1 aliphatic heterocycles. The summed E-state index contributed by atoms with van der Waals surface area (Å²) < 4.78 is 42.9. The largest absolute Gasteiger partial charge is 0.465 e. The van der Waals surface area contributed by atoms with Gasteiger partial charge in [-0.3, -0.25) is 19.2 Å². The molecule has 9 atom stereocenters. The lowest BCUT2D eigenvalue weighted by atomic mass is 9.45. The van der Waals surface area contributed by atoms with Gasteiger partial charge in [0.05, 0.1) is 28.2 Å². The number of hydrogen-bond donors (Lipinski definition) is 1. The maximum absolute atomic E-state index is 14.1. The molecule has 14 heteroatoms. The van der Waals surface area contributed by atoms with Gasteiger partial charge < -0.3 is 38.3 Å². The number of carbonyl (C=O) groups is 6. The molecule has 2 aromatic rings. The molecule has 1 spiro atoms. The molecule has 0 unspecified atom stereocenters. The minimum absolute atomic E-state index is 0.0698. The zero-order valence-electron chi connectivity index (χ0n) is 29.4. The van der Waals surface area contributed by atoms with Crippen LogP contribution in [0, 0.1) is 11.3 Å². The van der Waals surface area contributed by atoms with E-state index in [1.165, 1.54) is 31.2 Å². The molecule has 51 heavy (non-hydrogen) atoms. The minimum atomic E-state index is -2.32. The molecule has 0 aromatic heterocycles. The number of carbonyl (C=O) groups excluding carboxylic acids is 6. The molecule has 1 N–H and O–H groups in total. The predicted octanol–water partition coefficient (Wildman–Crippen LogP) is 3.11. The Morgan fingerprint density at radius 3 is 1.63 bits per heavy atom. The van der Waals surface area contributed by atoms with Crippen molar-refractivity contribution in [3.8, 4) is 0 Å². The summed E-state index contributed by atoms with van der Waals surface area (Å²) >= 11 is 0. The molecular weight excluding hydrogens is 668 g/mol. The fraction of sp³-hybridized carbons (Fsp3) is 0.514. The van der Waals surface area contributed by atoms with Crippen molar-refractivity contribution >= 4 is 35.8 Å². The third kappa shape index (κ3) is 6.46. The molecule has 3 fully saturated rings. The van der Waals surface area contributed by atoms with Crippen LogP contribution in [0.5, 0.6) is 0 Å². The van der Waals surface area contributed by atoms with E-state index in [1.807, 2.05) is 0 Å². The highest BCUT2D eigenvalue weighted by Crippen LogP contribution is 2.69. The van der Waals surface area contributed by atoms with Crippen LogP contribution in [0.4, 0.5) is 0 Å². The first kappa shape index (κ1) is 37.4. The molecule has 14 nitrogen and oxygen atoms in total. The van der Waals surface area contributed by atoms with E-state index < -0.39 is 107 Å². The Kier molecular flexibility index (Phi) is 10.1. The molecule has 5 rings (SSSR count). The van der Waals surface area contributed by atoms with Crippen molar-refractivity contribution in [3.63, 3.8) is 0 Å². The molecule has 2 aromatic carbocycles. The topological polar surface area (TPSA) is 187 Å². The molecule has 2 saturated carbocycles. The van der Waals surface area contributed by atoms with Crippen molar-refractivity contribution < 1.29 is 67.0 Å². The van der Waals surface area contributed by atoms with E-state index in [2.05, 4.69) is 0 Å². The van der Waals surface area contributed by atoms with Gasteiger partial charge in [0.15, 0.2) is 17.8 Å². The lowest BCUT2D eigenvalue weighted by Gasteiger charge is -2.66. The minimum Gasteiger partial charge on any atom is -0.465 e. The average Bonchev–Trinajstić information content (AvgIpc) is 3.24. The fourth-order valence-corrected chi connectivity index (χ4v) is 8.39. The predicted molar refractivity (Wildman–Crippen MR) is 174 cm³/mol. The van der Waals surface area contributed by atoms with Gasteiger partial charge in [-0.1, -0.05) is 36.4 Å². The van der Waals surface area contributed by atoms with Gasteiger partial charge in [0.25, 0.3) is 0 Å². The zero-order chi connectivity index (χ0) is 37.5. The quantitative estimate of drug-likeness (QED) is 0.295. The van der Waals surface area contributed by atoms with Gasteiger partial charge in [0.1, 0.15) is 30.3 Å². The molecule has 0 radical (unpaired) electrons. The van der Waals surface area contributed by atoms with Gasteiger partial charge in [-0.15, -0.1) is 0 Å². The van der Waals surface area contributed by atoms with E-state index in [-0.39, 0.29) is 11.1 Å². The summed E-state index contributed by atoms with van der Waals surface area (Å²) in [6, 6.07) is 15.6. The SMILES string of the molecule is CC(=O)OC[C@]12[C@H](OC(=O)c3ccccc3)[C@@H](OC(C)=O)[C@@H]3[C@@H](OC(C)=O)[C@]1(OC3(C)C)[C@@](C)(O)C[C@H](OC(C)=O)[C@@H]2OC(=O)c1ccccc1. The normalized spacial score (nSPS) is 33.1. The molecule has 1 saturated heterocycles. The highest BCUT2D eigenvalue weighted by atomic mass is 16.7. The van der Waals surface area contributed by atoms with Crippen molar-refractivity contribution in [2.75, 3.05) is 6.61 Å². The Balaban J connectivity index is 1.91. The van der Waals surface area contributed by atoms with Gasteiger partial charge in [-0.05, 0) is 45.0 Å². The van der Waals surface area contributed by atoms with Gasteiger partial charge in [0.2, 0.25) is 0 Å². The van der Waals surface area contributed by atoms with Gasteiger partial charge >= 0.3 is 35.8 Å². The summed E-state index contributed by atoms with van der Waals surface area (Å²) in [6.45, 7) is 8.18. The lowest BCUT2D eigenvalue weighted by molar-refractivity contribution is -0.361. The highest BCUT2D eigenvalue weighted by Gasteiger charge is 2.89. The van der Waals surface area contributed by atoms with Crippen molar-refractivity contribution in [1.82, 2.24) is 0 Å². The third-order valence-electron chi connectivity index (χ3n) is 9.96. The third-order valence-corrected chi connectivity index (χ3v) is 9.96. The van der Waals surface area contributed by atoms with Crippen LogP contribution >= 0.6 is 0 Å². The summed E-state index contributed by atoms with van der Waals surface area (Å²) in [5, 5.41) is 12.7. The second kappa shape index (κ2) is 13.7. The van der Waals surface area contributed by atoms with Crippen molar-refractivity contribution in [1.29, 1.82) is 0 Å². The molecule has 274 valence electrons. The molecule has 0 amide bonds. The fourth-order valence-electron chi connectivity index (χ4n) is 8.39. The van der Waals surface area contributed by atoms with Crippen LogP contribution in [0.1, 0.15) is 75.6 Å². The van der Waals surface area contributed by atoms with Crippen LogP contribution in [-0.2, 0) is 52.3 Å². The Morgan fingerprint density at radius 2 is 1.16 bits per heavy atom. The number of fused-ring (bicyclic) bond motifs is 1. The van der Waals surface area contributed by atoms with Gasteiger partial charge in [-0.25, -0.2) is 9.59 Å². The first-order valence-corrected chi connectivity index (χ1v) is 16.5. The van der Waals surface area contributed by atoms with E-state index in [4.69, 9.17) is 33.2 Å². The first-order valence-electron chi connectivity index (χ1n) is 16.5. The average molecular weight is 711 g/mol. The molecule has 1 heterocycles. The van der Waals surface area contributed by atoms with Crippen LogP contribution in [0.15, 0.2) is 60.7 Å². The number of ether oxygens (including phenoxy) is 7. The van der Waals surface area contributed by atoms with E-state index in [9.17, 15) is 33.9 Å². The summed E-state index contributed by atoms with van der Waals surface area (Å²) in [6.07, 6.45) is -8.57. The van der Waals surface area contributed by atoms with Crippen molar-refractivity contribution in [2.45, 2.75) is 102 Å². The Morgan fingerprint density at radius 1 is 0.667 bits per heavy atom. The molecule has 2 bridgehead atoms. The monoisotopic (exact) mass is 710 g/mol. The molecule has 3 aliphatic rings. The number of rotatable bonds is 9. The standard InChI is InChI=1S/C37H42O14/c1-20(38)45-19-36-29(49-32(42)24-14-10-8-11-15-24)26(46-21(2)39)18-35(7,44)37(36)30(48-23(4)41)27(34(5,6)51-37)28(47-22(3)40)31(36)50-33(43)25-16-12-9-13-17-25/h8-17,26-31,44H,18-19H2,1-7H3/t26-,27+,28-,29-,30+,31+,35-,36-,37-/m0/s1. The van der Waals surface area contributed by atoms with Crippen LogP contribution in [0.2, 0.25) is 0 Å². The maximum atomic E-state index is 14.1. The van der Waals surface area contributed by atoms with Gasteiger partial charge in [-0.2, -0.15) is 0 Å². The van der Waals surface area contributed by atoms with Crippen LogP contribution < -0.4 is 0 Å². The molecule has 2 aliphatic carbocycles. The van der Waals surface area contributed by atoms with Crippen LogP contribution in [0.25, 0.3) is 0 Å².